The molecule has 0 aliphatic heterocycles. The van der Waals surface area contributed by atoms with Gasteiger partial charge in [0.15, 0.2) is 11.6 Å². The minimum Gasteiger partial charge on any atom is -0.456 e. The van der Waals surface area contributed by atoms with E-state index in [0.29, 0.717) is 17.6 Å². The molecule has 0 bridgehead atoms. The fourth-order valence-electron chi connectivity index (χ4n) is 9.35. The van der Waals surface area contributed by atoms with Gasteiger partial charge in [0.05, 0.1) is 16.4 Å². The third-order valence-electron chi connectivity index (χ3n) is 11.8. The van der Waals surface area contributed by atoms with Gasteiger partial charge in [-0.1, -0.05) is 170 Å². The van der Waals surface area contributed by atoms with Crippen molar-refractivity contribution in [3.05, 3.63) is 216 Å². The molecule has 57 heavy (non-hydrogen) atoms. The molecule has 3 aromatic heterocycles. The zero-order valence-electron chi connectivity index (χ0n) is 30.7. The molecule has 0 saturated carbocycles. The van der Waals surface area contributed by atoms with Crippen molar-refractivity contribution in [1.29, 1.82) is 0 Å². The Kier molecular flexibility index (Phi) is 6.78. The van der Waals surface area contributed by atoms with Gasteiger partial charge < -0.3 is 4.42 Å². The number of rotatable bonds is 5. The van der Waals surface area contributed by atoms with Crippen LogP contribution in [0, 0.1) is 0 Å². The fourth-order valence-corrected chi connectivity index (χ4v) is 9.35. The molecule has 0 unspecified atom stereocenters. The van der Waals surface area contributed by atoms with Crippen LogP contribution in [-0.2, 0) is 5.41 Å². The lowest BCUT2D eigenvalue weighted by atomic mass is 9.67. The zero-order chi connectivity index (χ0) is 37.5. The van der Waals surface area contributed by atoms with Crippen LogP contribution in [0.15, 0.2) is 199 Å². The number of hydrogen-bond acceptors (Lipinski definition) is 4. The van der Waals surface area contributed by atoms with Crippen LogP contribution in [0.25, 0.3) is 83.6 Å². The molecule has 0 fully saturated rings. The number of furan rings is 1. The third kappa shape index (κ3) is 4.54. The Morgan fingerprint density at radius 1 is 0.404 bits per heavy atom. The van der Waals surface area contributed by atoms with Gasteiger partial charge >= 0.3 is 0 Å². The highest BCUT2D eigenvalue weighted by Gasteiger charge is 2.47. The molecule has 0 atom stereocenters. The van der Waals surface area contributed by atoms with E-state index in [1.54, 1.807) is 0 Å². The van der Waals surface area contributed by atoms with Gasteiger partial charge in [0.2, 0.25) is 5.95 Å². The first-order valence-electron chi connectivity index (χ1n) is 19.3. The van der Waals surface area contributed by atoms with E-state index < -0.39 is 5.41 Å². The summed E-state index contributed by atoms with van der Waals surface area (Å²) < 4.78 is 9.05. The van der Waals surface area contributed by atoms with Crippen molar-refractivity contribution in [3.63, 3.8) is 0 Å². The average molecular weight is 729 g/mol. The number of aromatic nitrogens is 4. The van der Waals surface area contributed by atoms with Crippen LogP contribution in [0.2, 0.25) is 0 Å². The average Bonchev–Trinajstić information content (AvgIpc) is 3.93. The molecule has 0 amide bonds. The number of benzene rings is 8. The molecular formula is C52H32N4O. The van der Waals surface area contributed by atoms with E-state index in [1.807, 2.05) is 66.7 Å². The zero-order valence-corrected chi connectivity index (χ0v) is 30.7. The van der Waals surface area contributed by atoms with Gasteiger partial charge in [0.25, 0.3) is 0 Å². The molecule has 11 aromatic rings. The summed E-state index contributed by atoms with van der Waals surface area (Å²) in [6.07, 6.45) is 0. The van der Waals surface area contributed by atoms with Crippen molar-refractivity contribution >= 4 is 43.7 Å². The molecular weight excluding hydrogens is 697 g/mol. The van der Waals surface area contributed by atoms with Crippen LogP contribution in [0.5, 0.6) is 0 Å². The fraction of sp³-hybridized carbons (Fsp3) is 0.0192. The van der Waals surface area contributed by atoms with Gasteiger partial charge in [-0.15, -0.1) is 0 Å². The molecule has 12 rings (SSSR count). The summed E-state index contributed by atoms with van der Waals surface area (Å²) in [7, 11) is 0. The maximum absolute atomic E-state index is 6.86. The monoisotopic (exact) mass is 728 g/mol. The standard InChI is InChI=1S/C52H32N4O/c1-3-16-33(17-4-1)49-53-50(34-18-5-2-6-19-34)55-51(54-49)56-45-28-13-9-22-38(45)41-32-35(30-31-46(41)56)52(42-25-11-7-20-36(42)37-21-8-12-26-43(37)52)44-27-15-24-40-39-23-10-14-29-47(39)57-48(40)44/h1-32H. The lowest BCUT2D eigenvalue weighted by Crippen LogP contribution is -2.28. The molecule has 0 N–H and O–H groups in total. The highest BCUT2D eigenvalue weighted by atomic mass is 16.3. The van der Waals surface area contributed by atoms with Crippen LogP contribution >= 0.6 is 0 Å². The van der Waals surface area contributed by atoms with Crippen molar-refractivity contribution in [2.45, 2.75) is 5.41 Å². The second-order valence-electron chi connectivity index (χ2n) is 14.7. The predicted molar refractivity (Wildman–Crippen MR) is 230 cm³/mol. The Morgan fingerprint density at radius 2 is 0.947 bits per heavy atom. The molecule has 266 valence electrons. The summed E-state index contributed by atoms with van der Waals surface area (Å²) in [6.45, 7) is 0. The van der Waals surface area contributed by atoms with E-state index in [4.69, 9.17) is 19.4 Å². The first-order valence-corrected chi connectivity index (χ1v) is 19.3. The molecule has 1 aliphatic carbocycles. The van der Waals surface area contributed by atoms with E-state index in [9.17, 15) is 0 Å². The lowest BCUT2D eigenvalue weighted by molar-refractivity contribution is 0.648. The van der Waals surface area contributed by atoms with Gasteiger partial charge in [0.1, 0.15) is 11.2 Å². The molecule has 0 spiro atoms. The minimum atomic E-state index is -0.675. The van der Waals surface area contributed by atoms with E-state index in [0.717, 1.165) is 66.0 Å². The maximum atomic E-state index is 6.86. The minimum absolute atomic E-state index is 0.569. The Balaban J connectivity index is 1.17. The molecule has 0 saturated heterocycles. The Hall–Kier alpha value is -7.63. The maximum Gasteiger partial charge on any atom is 0.238 e. The SMILES string of the molecule is c1ccc(-c2nc(-c3ccccc3)nc(-n3c4ccccc4c4cc(C5(c6cccc7c6oc6ccccc67)c6ccccc6-c6ccccc65)ccc43)n2)cc1. The molecule has 1 aliphatic rings. The topological polar surface area (TPSA) is 56.7 Å². The van der Waals surface area contributed by atoms with E-state index >= 15 is 0 Å². The highest BCUT2D eigenvalue weighted by Crippen LogP contribution is 2.58. The van der Waals surface area contributed by atoms with Crippen LogP contribution in [0.1, 0.15) is 22.3 Å². The van der Waals surface area contributed by atoms with Crippen molar-refractivity contribution in [2.75, 3.05) is 0 Å². The molecule has 5 nitrogen and oxygen atoms in total. The van der Waals surface area contributed by atoms with Crippen molar-refractivity contribution in [1.82, 2.24) is 19.5 Å². The van der Waals surface area contributed by atoms with E-state index in [1.165, 1.54) is 22.3 Å². The van der Waals surface area contributed by atoms with Gasteiger partial charge in [-0.05, 0) is 52.1 Å². The first kappa shape index (κ1) is 31.7. The Bertz CT molecular complexity index is 3260. The number of para-hydroxylation sites is 3. The van der Waals surface area contributed by atoms with Crippen LogP contribution in [0.3, 0.4) is 0 Å². The first-order chi connectivity index (χ1) is 28.3. The van der Waals surface area contributed by atoms with Gasteiger partial charge in [-0.3, -0.25) is 4.57 Å². The van der Waals surface area contributed by atoms with E-state index in [2.05, 4.69) is 132 Å². The smallest absolute Gasteiger partial charge is 0.238 e. The van der Waals surface area contributed by atoms with Crippen LogP contribution in [-0.4, -0.2) is 19.5 Å². The summed E-state index contributed by atoms with van der Waals surface area (Å²) in [6, 6.07) is 68.5. The number of nitrogens with zero attached hydrogens (tertiary/aromatic N) is 4. The third-order valence-corrected chi connectivity index (χ3v) is 11.8. The Labute approximate surface area is 328 Å². The van der Waals surface area contributed by atoms with Crippen LogP contribution in [0.4, 0.5) is 0 Å². The van der Waals surface area contributed by atoms with Crippen molar-refractivity contribution in [3.8, 4) is 39.9 Å². The largest absolute Gasteiger partial charge is 0.456 e. The summed E-state index contributed by atoms with van der Waals surface area (Å²) in [5, 5.41) is 4.46. The van der Waals surface area contributed by atoms with Crippen molar-refractivity contribution in [2.24, 2.45) is 0 Å². The van der Waals surface area contributed by atoms with Crippen molar-refractivity contribution < 1.29 is 4.42 Å². The van der Waals surface area contributed by atoms with Gasteiger partial charge in [0, 0.05) is 38.2 Å². The lowest BCUT2D eigenvalue weighted by Gasteiger charge is -2.34. The predicted octanol–water partition coefficient (Wildman–Crippen LogP) is 12.6. The molecule has 5 heteroatoms. The highest BCUT2D eigenvalue weighted by molar-refractivity contribution is 6.10. The quantitative estimate of drug-likeness (QED) is 0.177. The van der Waals surface area contributed by atoms with Gasteiger partial charge in [-0.2, -0.15) is 9.97 Å². The molecule has 8 aromatic carbocycles. The summed E-state index contributed by atoms with van der Waals surface area (Å²) >= 11 is 0. The molecule has 0 radical (unpaired) electrons. The second kappa shape index (κ2) is 12.2. The number of hydrogen-bond donors (Lipinski definition) is 0. The molecule has 3 heterocycles. The second-order valence-corrected chi connectivity index (χ2v) is 14.7. The normalized spacial score (nSPS) is 13.1. The van der Waals surface area contributed by atoms with E-state index in [-0.39, 0.29) is 0 Å². The summed E-state index contributed by atoms with van der Waals surface area (Å²) in [5.41, 5.74) is 12.2. The summed E-state index contributed by atoms with van der Waals surface area (Å²) in [4.78, 5) is 15.3. The summed E-state index contributed by atoms with van der Waals surface area (Å²) in [5.74, 6) is 1.82. The van der Waals surface area contributed by atoms with Crippen LogP contribution < -0.4 is 0 Å². The number of fused-ring (bicyclic) bond motifs is 9. The van der Waals surface area contributed by atoms with Gasteiger partial charge in [-0.25, -0.2) is 4.98 Å². The Morgan fingerprint density at radius 3 is 1.65 bits per heavy atom.